The standard InChI is InChI=1S/C23H24N4O/c1-23(2,3)20-10-8-17(9-11-20)14-22(28)25-21-12-13-27(26-21)16-19-6-4-18(15-24)5-7-19/h4-13H,14,16H2,1-3H3,(H,25,26,28). The first kappa shape index (κ1) is 19.4. The van der Waals surface area contributed by atoms with Gasteiger partial charge in [0.25, 0.3) is 0 Å². The topological polar surface area (TPSA) is 70.7 Å². The van der Waals surface area contributed by atoms with E-state index in [0.717, 1.165) is 11.1 Å². The highest BCUT2D eigenvalue weighted by Crippen LogP contribution is 2.22. The van der Waals surface area contributed by atoms with Gasteiger partial charge < -0.3 is 5.32 Å². The quantitative estimate of drug-likeness (QED) is 0.726. The summed E-state index contributed by atoms with van der Waals surface area (Å²) in [6.45, 7) is 7.09. The summed E-state index contributed by atoms with van der Waals surface area (Å²) < 4.78 is 1.76. The average Bonchev–Trinajstić information content (AvgIpc) is 3.08. The second kappa shape index (κ2) is 8.10. The molecule has 0 unspecified atom stereocenters. The molecule has 0 aliphatic carbocycles. The number of aromatic nitrogens is 2. The van der Waals surface area contributed by atoms with Crippen molar-refractivity contribution < 1.29 is 4.79 Å². The molecule has 0 radical (unpaired) electrons. The van der Waals surface area contributed by atoms with Crippen molar-refractivity contribution in [2.24, 2.45) is 0 Å². The van der Waals surface area contributed by atoms with Gasteiger partial charge in [-0.15, -0.1) is 0 Å². The number of carbonyl (C=O) groups excluding carboxylic acids is 1. The van der Waals surface area contributed by atoms with E-state index in [-0.39, 0.29) is 11.3 Å². The molecule has 0 spiro atoms. The van der Waals surface area contributed by atoms with Gasteiger partial charge in [0.2, 0.25) is 5.91 Å². The Morgan fingerprint density at radius 1 is 1.04 bits per heavy atom. The Balaban J connectivity index is 1.57. The lowest BCUT2D eigenvalue weighted by atomic mass is 9.86. The molecule has 0 saturated heterocycles. The van der Waals surface area contributed by atoms with E-state index in [2.05, 4.69) is 49.4 Å². The predicted octanol–water partition coefficient (Wildman–Crippen LogP) is 4.28. The molecule has 0 bridgehead atoms. The number of anilines is 1. The summed E-state index contributed by atoms with van der Waals surface area (Å²) in [6, 6.07) is 19.4. The molecule has 0 aliphatic rings. The molecule has 1 amide bonds. The zero-order chi connectivity index (χ0) is 20.1. The van der Waals surface area contributed by atoms with Gasteiger partial charge in [0.1, 0.15) is 0 Å². The van der Waals surface area contributed by atoms with Crippen molar-refractivity contribution in [3.05, 3.63) is 83.0 Å². The van der Waals surface area contributed by atoms with Gasteiger partial charge in [-0.2, -0.15) is 10.4 Å². The van der Waals surface area contributed by atoms with E-state index in [4.69, 9.17) is 5.26 Å². The Kier molecular flexibility index (Phi) is 5.60. The van der Waals surface area contributed by atoms with Crippen molar-refractivity contribution in [1.29, 1.82) is 5.26 Å². The van der Waals surface area contributed by atoms with Gasteiger partial charge in [0, 0.05) is 12.3 Å². The highest BCUT2D eigenvalue weighted by molar-refractivity contribution is 5.91. The molecule has 1 aromatic heterocycles. The van der Waals surface area contributed by atoms with Gasteiger partial charge in [-0.1, -0.05) is 57.2 Å². The summed E-state index contributed by atoms with van der Waals surface area (Å²) in [5.41, 5.74) is 4.00. The molecule has 28 heavy (non-hydrogen) atoms. The van der Waals surface area contributed by atoms with Crippen LogP contribution in [-0.2, 0) is 23.2 Å². The Labute approximate surface area is 165 Å². The molecule has 0 aliphatic heterocycles. The summed E-state index contributed by atoms with van der Waals surface area (Å²) in [7, 11) is 0. The molecule has 0 fully saturated rings. The van der Waals surface area contributed by atoms with Gasteiger partial charge in [-0.25, -0.2) is 0 Å². The van der Waals surface area contributed by atoms with E-state index in [1.165, 1.54) is 5.56 Å². The molecule has 3 aromatic rings. The van der Waals surface area contributed by atoms with Crippen LogP contribution in [0, 0.1) is 11.3 Å². The number of hydrogen-bond donors (Lipinski definition) is 1. The van der Waals surface area contributed by atoms with Crippen LogP contribution in [0.4, 0.5) is 5.82 Å². The molecule has 0 saturated carbocycles. The summed E-state index contributed by atoms with van der Waals surface area (Å²) in [4.78, 5) is 12.3. The van der Waals surface area contributed by atoms with Crippen molar-refractivity contribution in [1.82, 2.24) is 9.78 Å². The molecule has 1 N–H and O–H groups in total. The molecule has 0 atom stereocenters. The first-order valence-corrected chi connectivity index (χ1v) is 9.25. The minimum atomic E-state index is -0.0906. The lowest BCUT2D eigenvalue weighted by molar-refractivity contribution is -0.115. The van der Waals surface area contributed by atoms with Gasteiger partial charge in [-0.05, 0) is 34.2 Å². The van der Waals surface area contributed by atoms with Gasteiger partial charge in [-0.3, -0.25) is 9.48 Å². The van der Waals surface area contributed by atoms with Gasteiger partial charge in [0.15, 0.2) is 5.82 Å². The Bertz CT molecular complexity index is 987. The maximum atomic E-state index is 12.3. The van der Waals surface area contributed by atoms with Crippen LogP contribution in [0.3, 0.4) is 0 Å². The fourth-order valence-corrected chi connectivity index (χ4v) is 2.88. The molecule has 3 rings (SSSR count). The zero-order valence-electron chi connectivity index (χ0n) is 16.4. The third kappa shape index (κ3) is 5.08. The third-order valence-corrected chi connectivity index (χ3v) is 4.52. The van der Waals surface area contributed by atoms with E-state index >= 15 is 0 Å². The van der Waals surface area contributed by atoms with E-state index in [1.54, 1.807) is 22.9 Å². The number of carbonyl (C=O) groups is 1. The Morgan fingerprint density at radius 3 is 2.29 bits per heavy atom. The molecule has 2 aromatic carbocycles. The normalized spacial score (nSPS) is 11.1. The highest BCUT2D eigenvalue weighted by atomic mass is 16.1. The van der Waals surface area contributed by atoms with Crippen molar-refractivity contribution in [2.45, 2.75) is 39.2 Å². The van der Waals surface area contributed by atoms with E-state index in [1.807, 2.05) is 30.5 Å². The monoisotopic (exact) mass is 372 g/mol. The molecule has 142 valence electrons. The largest absolute Gasteiger partial charge is 0.309 e. The third-order valence-electron chi connectivity index (χ3n) is 4.52. The number of nitriles is 1. The minimum Gasteiger partial charge on any atom is -0.309 e. The smallest absolute Gasteiger partial charge is 0.229 e. The Hall–Kier alpha value is -3.39. The lowest BCUT2D eigenvalue weighted by Crippen LogP contribution is -2.16. The fourth-order valence-electron chi connectivity index (χ4n) is 2.88. The zero-order valence-corrected chi connectivity index (χ0v) is 16.4. The number of nitrogens with zero attached hydrogens (tertiary/aromatic N) is 3. The summed E-state index contributed by atoms with van der Waals surface area (Å²) in [5.74, 6) is 0.442. The number of rotatable bonds is 5. The molecule has 5 heteroatoms. The van der Waals surface area contributed by atoms with E-state index in [0.29, 0.717) is 24.3 Å². The summed E-state index contributed by atoms with van der Waals surface area (Å²) in [6.07, 6.45) is 2.14. The van der Waals surface area contributed by atoms with Crippen LogP contribution in [0.25, 0.3) is 0 Å². The lowest BCUT2D eigenvalue weighted by Gasteiger charge is -2.19. The Morgan fingerprint density at radius 2 is 1.68 bits per heavy atom. The van der Waals surface area contributed by atoms with E-state index in [9.17, 15) is 4.79 Å². The first-order chi connectivity index (χ1) is 13.3. The summed E-state index contributed by atoms with van der Waals surface area (Å²) in [5, 5.41) is 16.1. The fraction of sp³-hybridized carbons (Fsp3) is 0.261. The van der Waals surface area contributed by atoms with Crippen LogP contribution in [0.5, 0.6) is 0 Å². The summed E-state index contributed by atoms with van der Waals surface area (Å²) >= 11 is 0. The van der Waals surface area contributed by atoms with Crippen molar-refractivity contribution in [3.8, 4) is 6.07 Å². The van der Waals surface area contributed by atoms with Crippen molar-refractivity contribution in [3.63, 3.8) is 0 Å². The predicted molar refractivity (Wildman–Crippen MR) is 110 cm³/mol. The number of benzene rings is 2. The molecular formula is C23H24N4O. The van der Waals surface area contributed by atoms with Crippen LogP contribution in [0.2, 0.25) is 0 Å². The SMILES string of the molecule is CC(C)(C)c1ccc(CC(=O)Nc2ccn(Cc3ccc(C#N)cc3)n2)cc1. The molecule has 5 nitrogen and oxygen atoms in total. The van der Waals surface area contributed by atoms with Gasteiger partial charge >= 0.3 is 0 Å². The van der Waals surface area contributed by atoms with Crippen LogP contribution >= 0.6 is 0 Å². The highest BCUT2D eigenvalue weighted by Gasteiger charge is 2.13. The van der Waals surface area contributed by atoms with Crippen LogP contribution in [0.15, 0.2) is 60.8 Å². The van der Waals surface area contributed by atoms with Crippen LogP contribution in [0.1, 0.15) is 43.0 Å². The number of hydrogen-bond acceptors (Lipinski definition) is 3. The minimum absolute atomic E-state index is 0.0906. The maximum Gasteiger partial charge on any atom is 0.229 e. The van der Waals surface area contributed by atoms with Crippen LogP contribution < -0.4 is 5.32 Å². The molecule has 1 heterocycles. The number of amides is 1. The second-order valence-corrected chi connectivity index (χ2v) is 7.88. The van der Waals surface area contributed by atoms with E-state index < -0.39 is 0 Å². The average molecular weight is 372 g/mol. The van der Waals surface area contributed by atoms with Crippen molar-refractivity contribution in [2.75, 3.05) is 5.32 Å². The van der Waals surface area contributed by atoms with Crippen molar-refractivity contribution >= 4 is 11.7 Å². The first-order valence-electron chi connectivity index (χ1n) is 9.25. The van der Waals surface area contributed by atoms with Gasteiger partial charge in [0.05, 0.1) is 24.6 Å². The molecular weight excluding hydrogens is 348 g/mol. The number of nitrogens with one attached hydrogen (secondary N) is 1. The second-order valence-electron chi connectivity index (χ2n) is 7.88. The van der Waals surface area contributed by atoms with Crippen LogP contribution in [-0.4, -0.2) is 15.7 Å². The maximum absolute atomic E-state index is 12.3.